The maximum Gasteiger partial charge on any atom is 0.271 e. The summed E-state index contributed by atoms with van der Waals surface area (Å²) in [6.07, 6.45) is 4.85. The van der Waals surface area contributed by atoms with Crippen molar-refractivity contribution < 1.29 is 19.1 Å². The molecule has 3 rings (SSSR count). The number of carbonyl (C=O) groups is 3. The Bertz CT molecular complexity index is 886. The molecule has 0 spiro atoms. The number of aromatic nitrogens is 1. The van der Waals surface area contributed by atoms with Crippen LogP contribution in [-0.2, 0) is 9.59 Å². The van der Waals surface area contributed by atoms with E-state index in [1.807, 2.05) is 24.3 Å². The lowest BCUT2D eigenvalue weighted by Crippen LogP contribution is -2.45. The lowest BCUT2D eigenvalue weighted by molar-refractivity contribution is -0.129. The van der Waals surface area contributed by atoms with Gasteiger partial charge in [0.25, 0.3) is 5.91 Å². The van der Waals surface area contributed by atoms with Crippen molar-refractivity contribution in [3.8, 4) is 5.75 Å². The van der Waals surface area contributed by atoms with E-state index in [-0.39, 0.29) is 12.3 Å². The van der Waals surface area contributed by atoms with Crippen LogP contribution in [0.2, 0.25) is 0 Å². The number of nitrogens with zero attached hydrogens (tertiary/aromatic N) is 2. The molecule has 1 aromatic heterocycles. The van der Waals surface area contributed by atoms with Gasteiger partial charge in [0.1, 0.15) is 5.75 Å². The molecule has 0 aliphatic carbocycles. The number of hydrazine groups is 1. The normalized spacial score (nSPS) is 18.2. The van der Waals surface area contributed by atoms with Crippen LogP contribution in [-0.4, -0.2) is 41.3 Å². The van der Waals surface area contributed by atoms with Gasteiger partial charge in [0.05, 0.1) is 24.6 Å². The van der Waals surface area contributed by atoms with Gasteiger partial charge in [-0.05, 0) is 36.2 Å². The highest BCUT2D eigenvalue weighted by atomic mass is 16.5. The Kier molecular flexibility index (Phi) is 7.00. The summed E-state index contributed by atoms with van der Waals surface area (Å²) in [4.78, 5) is 43.4. The van der Waals surface area contributed by atoms with E-state index in [0.29, 0.717) is 17.9 Å². The number of benzene rings is 1. The van der Waals surface area contributed by atoms with Gasteiger partial charge in [-0.3, -0.25) is 30.2 Å². The van der Waals surface area contributed by atoms with E-state index >= 15 is 0 Å². The van der Waals surface area contributed by atoms with Crippen LogP contribution < -0.4 is 15.6 Å². The van der Waals surface area contributed by atoms with Gasteiger partial charge in [-0.1, -0.05) is 25.5 Å². The number of pyridine rings is 1. The Morgan fingerprint density at radius 1 is 1.20 bits per heavy atom. The molecular formula is C22H26N4O4. The Morgan fingerprint density at radius 2 is 1.97 bits per heavy atom. The summed E-state index contributed by atoms with van der Waals surface area (Å²) in [5, 5.41) is 0. The smallest absolute Gasteiger partial charge is 0.271 e. The molecule has 0 saturated carbocycles. The Balaban J connectivity index is 1.76. The van der Waals surface area contributed by atoms with Crippen LogP contribution in [0.3, 0.4) is 0 Å². The van der Waals surface area contributed by atoms with E-state index in [4.69, 9.17) is 4.74 Å². The van der Waals surface area contributed by atoms with Crippen molar-refractivity contribution in [2.24, 2.45) is 5.92 Å². The molecular weight excluding hydrogens is 384 g/mol. The largest absolute Gasteiger partial charge is 0.497 e. The Morgan fingerprint density at radius 3 is 2.60 bits per heavy atom. The molecule has 2 aromatic rings. The van der Waals surface area contributed by atoms with Crippen molar-refractivity contribution >= 4 is 17.7 Å². The van der Waals surface area contributed by atoms with Crippen LogP contribution >= 0.6 is 0 Å². The van der Waals surface area contributed by atoms with Crippen molar-refractivity contribution in [2.75, 3.05) is 13.7 Å². The number of rotatable bonds is 7. The van der Waals surface area contributed by atoms with Crippen LogP contribution in [0.4, 0.5) is 0 Å². The average Bonchev–Trinajstić information content (AvgIpc) is 3.12. The van der Waals surface area contributed by atoms with Gasteiger partial charge in [0.15, 0.2) is 0 Å². The number of methoxy groups -OCH3 is 1. The fourth-order valence-electron chi connectivity index (χ4n) is 3.61. The van der Waals surface area contributed by atoms with E-state index in [1.165, 1.54) is 6.20 Å². The number of hydrogen-bond acceptors (Lipinski definition) is 5. The van der Waals surface area contributed by atoms with Crippen LogP contribution in [0.25, 0.3) is 0 Å². The molecule has 2 unspecified atom stereocenters. The number of carbonyl (C=O) groups excluding carboxylic acids is 3. The van der Waals surface area contributed by atoms with Gasteiger partial charge in [-0.25, -0.2) is 0 Å². The zero-order chi connectivity index (χ0) is 21.5. The van der Waals surface area contributed by atoms with Gasteiger partial charge in [-0.15, -0.1) is 0 Å². The Labute approximate surface area is 175 Å². The molecule has 30 heavy (non-hydrogen) atoms. The molecule has 2 atom stereocenters. The molecule has 0 radical (unpaired) electrons. The number of amides is 3. The summed E-state index contributed by atoms with van der Waals surface area (Å²) in [7, 11) is 1.59. The van der Waals surface area contributed by atoms with E-state index in [1.54, 1.807) is 30.3 Å². The monoisotopic (exact) mass is 410 g/mol. The van der Waals surface area contributed by atoms with Crippen LogP contribution in [0.1, 0.15) is 48.1 Å². The minimum absolute atomic E-state index is 0.0667. The molecule has 1 saturated heterocycles. The zero-order valence-electron chi connectivity index (χ0n) is 17.1. The van der Waals surface area contributed by atoms with Crippen molar-refractivity contribution in [2.45, 2.75) is 32.2 Å². The topological polar surface area (TPSA) is 101 Å². The van der Waals surface area contributed by atoms with E-state index in [9.17, 15) is 14.4 Å². The van der Waals surface area contributed by atoms with Gasteiger partial charge >= 0.3 is 0 Å². The van der Waals surface area contributed by atoms with E-state index < -0.39 is 23.8 Å². The van der Waals surface area contributed by atoms with Gasteiger partial charge in [0, 0.05) is 25.4 Å². The molecule has 2 heterocycles. The molecule has 3 amide bonds. The standard InChI is InChI=1S/C22H26N4O4/c1-3-4-12-26-19(27)13-18(20(26)15-7-9-17(30-2)10-8-15)22(29)25-24-21(28)16-6-5-11-23-14-16/h5-11,14,18,20H,3-4,12-13H2,1-2H3,(H,24,28)(H,25,29). The minimum atomic E-state index is -0.614. The van der Waals surface area contributed by atoms with Gasteiger partial charge in [0.2, 0.25) is 11.8 Å². The molecule has 8 heteroatoms. The lowest BCUT2D eigenvalue weighted by atomic mass is 9.93. The Hall–Kier alpha value is -3.42. The molecule has 158 valence electrons. The quantitative estimate of drug-likeness (QED) is 0.682. The summed E-state index contributed by atoms with van der Waals surface area (Å²) in [5.74, 6) is -0.849. The fourth-order valence-corrected chi connectivity index (χ4v) is 3.61. The van der Waals surface area contributed by atoms with E-state index in [2.05, 4.69) is 22.8 Å². The third-order valence-corrected chi connectivity index (χ3v) is 5.20. The molecule has 2 N–H and O–H groups in total. The molecule has 1 aromatic carbocycles. The first-order valence-electron chi connectivity index (χ1n) is 9.98. The number of unbranched alkanes of at least 4 members (excludes halogenated alkanes) is 1. The zero-order valence-corrected chi connectivity index (χ0v) is 17.1. The lowest BCUT2D eigenvalue weighted by Gasteiger charge is -2.28. The summed E-state index contributed by atoms with van der Waals surface area (Å²) >= 11 is 0. The number of likely N-dealkylation sites (tertiary alicyclic amines) is 1. The van der Waals surface area contributed by atoms with Crippen molar-refractivity contribution in [1.82, 2.24) is 20.7 Å². The molecule has 0 bridgehead atoms. The van der Waals surface area contributed by atoms with E-state index in [0.717, 1.165) is 18.4 Å². The second kappa shape index (κ2) is 9.87. The highest BCUT2D eigenvalue weighted by Crippen LogP contribution is 2.39. The third kappa shape index (κ3) is 4.76. The van der Waals surface area contributed by atoms with Gasteiger partial charge in [-0.2, -0.15) is 0 Å². The second-order valence-electron chi connectivity index (χ2n) is 7.15. The fraction of sp³-hybridized carbons (Fsp3) is 0.364. The van der Waals surface area contributed by atoms with Crippen LogP contribution in [0, 0.1) is 5.92 Å². The minimum Gasteiger partial charge on any atom is -0.497 e. The van der Waals surface area contributed by atoms with Gasteiger partial charge < -0.3 is 9.64 Å². The molecule has 1 aliphatic rings. The highest BCUT2D eigenvalue weighted by molar-refractivity contribution is 5.96. The average molecular weight is 410 g/mol. The second-order valence-corrected chi connectivity index (χ2v) is 7.15. The molecule has 8 nitrogen and oxygen atoms in total. The summed E-state index contributed by atoms with van der Waals surface area (Å²) < 4.78 is 5.21. The molecule has 1 fully saturated rings. The highest BCUT2D eigenvalue weighted by Gasteiger charge is 2.44. The van der Waals surface area contributed by atoms with Crippen molar-refractivity contribution in [3.63, 3.8) is 0 Å². The summed E-state index contributed by atoms with van der Waals surface area (Å²) in [6, 6.07) is 10.2. The van der Waals surface area contributed by atoms with Crippen molar-refractivity contribution in [3.05, 3.63) is 59.9 Å². The van der Waals surface area contributed by atoms with Crippen molar-refractivity contribution in [1.29, 1.82) is 0 Å². The predicted molar refractivity (Wildman–Crippen MR) is 110 cm³/mol. The predicted octanol–water partition coefficient (Wildman–Crippen LogP) is 2.24. The number of ether oxygens (including phenoxy) is 1. The van der Waals surface area contributed by atoms with Crippen LogP contribution in [0.5, 0.6) is 5.75 Å². The maximum absolute atomic E-state index is 12.9. The number of hydrogen-bond donors (Lipinski definition) is 2. The number of nitrogens with one attached hydrogen (secondary N) is 2. The third-order valence-electron chi connectivity index (χ3n) is 5.20. The first-order chi connectivity index (χ1) is 14.5. The first-order valence-corrected chi connectivity index (χ1v) is 9.98. The SMILES string of the molecule is CCCCN1C(=O)CC(C(=O)NNC(=O)c2cccnc2)C1c1ccc(OC)cc1. The summed E-state index contributed by atoms with van der Waals surface area (Å²) in [6.45, 7) is 2.64. The van der Waals surface area contributed by atoms with Crippen LogP contribution in [0.15, 0.2) is 48.8 Å². The maximum atomic E-state index is 12.9. The molecule has 1 aliphatic heterocycles. The first kappa shape index (κ1) is 21.3. The summed E-state index contributed by atoms with van der Waals surface area (Å²) in [5.41, 5.74) is 6.07.